The molecule has 10 nitrogen and oxygen atoms in total. The van der Waals surface area contributed by atoms with Crippen LogP contribution in [0.4, 0.5) is 37.2 Å². The predicted molar refractivity (Wildman–Crippen MR) is 150 cm³/mol. The van der Waals surface area contributed by atoms with Crippen molar-refractivity contribution in [1.29, 1.82) is 5.26 Å². The second-order valence-electron chi connectivity index (χ2n) is 11.0. The monoisotopic (exact) mass is 637 g/mol. The van der Waals surface area contributed by atoms with Crippen LogP contribution >= 0.6 is 0 Å². The number of urea groups is 1. The third-order valence-corrected chi connectivity index (χ3v) is 8.09. The number of benzene rings is 2. The number of imide groups is 1. The number of cyclic esters (lactones) is 1. The summed E-state index contributed by atoms with van der Waals surface area (Å²) in [6, 6.07) is 12.5. The van der Waals surface area contributed by atoms with E-state index in [0.29, 0.717) is 36.2 Å². The van der Waals surface area contributed by atoms with E-state index in [0.717, 1.165) is 68.0 Å². The summed E-state index contributed by atoms with van der Waals surface area (Å²) in [7, 11) is 0. The van der Waals surface area contributed by atoms with Gasteiger partial charge in [-0.15, -0.1) is 0 Å². The lowest BCUT2D eigenvalue weighted by Crippen LogP contribution is -2.49. The molecule has 3 aliphatic rings. The molecule has 15 heteroatoms. The van der Waals surface area contributed by atoms with Gasteiger partial charge in [-0.3, -0.25) is 0 Å². The number of piperidine rings is 2. The molecule has 3 fully saturated rings. The van der Waals surface area contributed by atoms with Gasteiger partial charge in [0.2, 0.25) is 0 Å². The quantitative estimate of drug-likeness (QED) is 0.437. The van der Waals surface area contributed by atoms with Crippen LogP contribution in [-0.4, -0.2) is 84.5 Å². The smallest absolute Gasteiger partial charge is 0.475 e. The SMILES string of the molecule is N#Cc1ccccc1N1CCC(NCC2CCN(C(=O)N3C(=O)OCC3c3ccc(F)c(F)c3)CC2)CC1.O=C(O)C(F)(F)F. The molecule has 3 saturated heterocycles. The van der Waals surface area contributed by atoms with E-state index in [4.69, 9.17) is 14.6 Å². The molecular weight excluding hydrogens is 605 g/mol. The number of aliphatic carboxylic acids is 1. The molecule has 45 heavy (non-hydrogen) atoms. The van der Waals surface area contributed by atoms with Crippen LogP contribution in [0.2, 0.25) is 0 Å². The van der Waals surface area contributed by atoms with Crippen molar-refractivity contribution in [2.45, 2.75) is 43.9 Å². The maximum Gasteiger partial charge on any atom is 0.490 e. The predicted octanol–water partition coefficient (Wildman–Crippen LogP) is 5.05. The number of amides is 3. The molecule has 0 aromatic heterocycles. The first-order valence-electron chi connectivity index (χ1n) is 14.4. The topological polar surface area (TPSA) is 126 Å². The lowest BCUT2D eigenvalue weighted by Gasteiger charge is -2.37. The molecule has 0 saturated carbocycles. The lowest BCUT2D eigenvalue weighted by atomic mass is 9.95. The van der Waals surface area contributed by atoms with Crippen LogP contribution in [0.15, 0.2) is 42.5 Å². The zero-order valence-electron chi connectivity index (χ0n) is 24.1. The number of nitriles is 1. The highest BCUT2D eigenvalue weighted by Crippen LogP contribution is 2.31. The normalized spacial score (nSPS) is 19.4. The van der Waals surface area contributed by atoms with Gasteiger partial charge in [0.25, 0.3) is 0 Å². The number of nitrogens with one attached hydrogen (secondary N) is 1. The second kappa shape index (κ2) is 14.6. The zero-order valence-corrected chi connectivity index (χ0v) is 24.1. The number of para-hydroxylation sites is 1. The fourth-order valence-corrected chi connectivity index (χ4v) is 5.58. The standard InChI is InChI=1S/C28H31F2N5O3.C2HF3O2/c29-23-6-5-20(15-24(23)30)26-18-38-28(37)35(26)27(36)34-11-7-19(8-12-34)17-32-22-9-13-33(14-10-22)25-4-2-1-3-21(25)16-31;3-2(4,5)1(6)7/h1-6,15,19,22,26,32H,7-14,17-18H2;(H,6,7). The summed E-state index contributed by atoms with van der Waals surface area (Å²) in [4.78, 5) is 39.4. The number of carbonyl (C=O) groups is 3. The third kappa shape index (κ3) is 8.39. The maximum atomic E-state index is 13.8. The van der Waals surface area contributed by atoms with Crippen LogP contribution in [0.3, 0.4) is 0 Å². The number of likely N-dealkylation sites (tertiary alicyclic amines) is 1. The Labute approximate surface area is 255 Å². The average molecular weight is 638 g/mol. The van der Waals surface area contributed by atoms with Crippen LogP contribution in [0.25, 0.3) is 0 Å². The molecule has 3 heterocycles. The number of carbonyl (C=O) groups excluding carboxylic acids is 2. The van der Waals surface area contributed by atoms with Crippen LogP contribution < -0.4 is 10.2 Å². The fourth-order valence-electron chi connectivity index (χ4n) is 5.58. The van der Waals surface area contributed by atoms with Crippen molar-refractivity contribution in [2.24, 2.45) is 5.92 Å². The molecule has 1 unspecified atom stereocenters. The number of hydrogen-bond donors (Lipinski definition) is 2. The Morgan fingerprint density at radius 1 is 1.00 bits per heavy atom. The summed E-state index contributed by atoms with van der Waals surface area (Å²) in [6.07, 6.45) is -2.23. The Morgan fingerprint density at radius 3 is 2.24 bits per heavy atom. The van der Waals surface area contributed by atoms with Crippen LogP contribution in [0.1, 0.15) is 42.9 Å². The first kappa shape index (κ1) is 33.4. The Kier molecular flexibility index (Phi) is 10.8. The van der Waals surface area contributed by atoms with Crippen molar-refractivity contribution < 1.29 is 46.2 Å². The molecular formula is C30H32F5N5O5. The number of ether oxygens (including phenoxy) is 1. The highest BCUT2D eigenvalue weighted by molar-refractivity contribution is 5.92. The Morgan fingerprint density at radius 2 is 1.64 bits per heavy atom. The summed E-state index contributed by atoms with van der Waals surface area (Å²) in [5.74, 6) is -4.35. The Balaban J connectivity index is 0.000000591. The van der Waals surface area contributed by atoms with Crippen molar-refractivity contribution in [3.05, 3.63) is 65.2 Å². The summed E-state index contributed by atoms with van der Waals surface area (Å²) in [5, 5.41) is 20.2. The van der Waals surface area contributed by atoms with E-state index in [9.17, 15) is 36.8 Å². The minimum absolute atomic E-state index is 0.0864. The number of carboxylic acid groups (broad SMARTS) is 1. The number of carboxylic acids is 1. The van der Waals surface area contributed by atoms with E-state index >= 15 is 0 Å². The highest BCUT2D eigenvalue weighted by atomic mass is 19.4. The number of nitrogens with zero attached hydrogens (tertiary/aromatic N) is 4. The Bertz CT molecular complexity index is 1420. The Hall–Kier alpha value is -4.45. The van der Waals surface area contributed by atoms with E-state index in [-0.39, 0.29) is 6.61 Å². The highest BCUT2D eigenvalue weighted by Gasteiger charge is 2.42. The number of alkyl halides is 3. The molecule has 2 aromatic rings. The van der Waals surface area contributed by atoms with Gasteiger partial charge in [-0.05, 0) is 68.0 Å². The number of rotatable bonds is 5. The van der Waals surface area contributed by atoms with Gasteiger partial charge in [-0.1, -0.05) is 18.2 Å². The zero-order chi connectivity index (χ0) is 32.7. The van der Waals surface area contributed by atoms with Crippen LogP contribution in [-0.2, 0) is 9.53 Å². The first-order valence-corrected chi connectivity index (χ1v) is 14.4. The van der Waals surface area contributed by atoms with Crippen molar-refractivity contribution in [2.75, 3.05) is 44.2 Å². The third-order valence-electron chi connectivity index (χ3n) is 8.09. The van der Waals surface area contributed by atoms with Gasteiger partial charge in [0.1, 0.15) is 18.7 Å². The largest absolute Gasteiger partial charge is 0.490 e. The average Bonchev–Trinajstić information content (AvgIpc) is 3.42. The molecule has 0 bridgehead atoms. The van der Waals surface area contributed by atoms with Crippen LogP contribution in [0.5, 0.6) is 0 Å². The molecule has 5 rings (SSSR count). The molecule has 0 aliphatic carbocycles. The van der Waals surface area contributed by atoms with E-state index < -0.39 is 41.9 Å². The van der Waals surface area contributed by atoms with E-state index in [1.165, 1.54) is 6.07 Å². The van der Waals surface area contributed by atoms with Gasteiger partial charge in [-0.25, -0.2) is 28.1 Å². The minimum atomic E-state index is -5.08. The molecule has 2 aromatic carbocycles. The summed E-state index contributed by atoms with van der Waals surface area (Å²) in [5.41, 5.74) is 2.03. The van der Waals surface area contributed by atoms with Gasteiger partial charge >= 0.3 is 24.3 Å². The molecule has 1 atom stereocenters. The fraction of sp³-hybridized carbons (Fsp3) is 0.467. The van der Waals surface area contributed by atoms with E-state index in [1.54, 1.807) is 4.90 Å². The summed E-state index contributed by atoms with van der Waals surface area (Å²) in [6.45, 7) is 3.61. The van der Waals surface area contributed by atoms with Gasteiger partial charge in [0, 0.05) is 32.2 Å². The molecule has 242 valence electrons. The molecule has 0 spiro atoms. The summed E-state index contributed by atoms with van der Waals surface area (Å²) >= 11 is 0. The van der Waals surface area contributed by atoms with Crippen molar-refractivity contribution in [3.8, 4) is 6.07 Å². The van der Waals surface area contributed by atoms with Gasteiger partial charge in [-0.2, -0.15) is 18.4 Å². The molecule has 0 radical (unpaired) electrons. The molecule has 3 aliphatic heterocycles. The van der Waals surface area contributed by atoms with E-state index in [1.807, 2.05) is 24.3 Å². The molecule has 3 amide bonds. The number of halogens is 5. The van der Waals surface area contributed by atoms with Crippen LogP contribution in [0, 0.1) is 28.9 Å². The number of hydrogen-bond acceptors (Lipinski definition) is 7. The van der Waals surface area contributed by atoms with Gasteiger partial charge < -0.3 is 25.0 Å². The van der Waals surface area contributed by atoms with Crippen molar-refractivity contribution in [3.63, 3.8) is 0 Å². The van der Waals surface area contributed by atoms with Crippen molar-refractivity contribution >= 4 is 23.8 Å². The van der Waals surface area contributed by atoms with Gasteiger partial charge in [0.15, 0.2) is 11.6 Å². The molecule has 2 N–H and O–H groups in total. The lowest BCUT2D eigenvalue weighted by molar-refractivity contribution is -0.192. The second-order valence-corrected chi connectivity index (χ2v) is 11.0. The summed E-state index contributed by atoms with van der Waals surface area (Å²) < 4.78 is 63.9. The maximum absolute atomic E-state index is 13.8. The minimum Gasteiger partial charge on any atom is -0.475 e. The first-order chi connectivity index (χ1) is 21.4. The number of anilines is 1. The van der Waals surface area contributed by atoms with Crippen molar-refractivity contribution in [1.82, 2.24) is 15.1 Å². The van der Waals surface area contributed by atoms with Gasteiger partial charge in [0.05, 0.1) is 11.3 Å². The van der Waals surface area contributed by atoms with E-state index in [2.05, 4.69) is 16.3 Å².